The van der Waals surface area contributed by atoms with E-state index < -0.39 is 0 Å². The van der Waals surface area contributed by atoms with Crippen molar-refractivity contribution in [3.05, 3.63) is 22.9 Å². The van der Waals surface area contributed by atoms with Gasteiger partial charge in [0, 0.05) is 19.2 Å². The lowest BCUT2D eigenvalue weighted by molar-refractivity contribution is 0.320. The number of nitrogens with zero attached hydrogens (tertiary/aromatic N) is 4. The van der Waals surface area contributed by atoms with Crippen molar-refractivity contribution in [2.75, 3.05) is 18.0 Å². The second-order valence-electron chi connectivity index (χ2n) is 4.58. The van der Waals surface area contributed by atoms with E-state index in [4.69, 9.17) is 5.73 Å². The molecule has 2 aromatic rings. The van der Waals surface area contributed by atoms with E-state index in [1.54, 1.807) is 6.07 Å². The van der Waals surface area contributed by atoms with Gasteiger partial charge in [-0.05, 0) is 6.42 Å². The van der Waals surface area contributed by atoms with Crippen LogP contribution in [0, 0.1) is 0 Å². The molecule has 3 N–H and O–H groups in total. The van der Waals surface area contributed by atoms with E-state index in [2.05, 4.69) is 27.0 Å². The number of aromatic nitrogens is 4. The Morgan fingerprint density at radius 2 is 2.35 bits per heavy atom. The molecule has 0 radical (unpaired) electrons. The molecule has 0 saturated carbocycles. The van der Waals surface area contributed by atoms with Crippen molar-refractivity contribution >= 4 is 11.5 Å². The summed E-state index contributed by atoms with van der Waals surface area (Å²) in [5.74, 6) is 0.811. The summed E-state index contributed by atoms with van der Waals surface area (Å²) in [6, 6.07) is 1.78. The zero-order chi connectivity index (χ0) is 12.0. The Bertz CT molecular complexity index is 609. The molecule has 0 unspecified atom stereocenters. The van der Waals surface area contributed by atoms with E-state index >= 15 is 0 Å². The van der Waals surface area contributed by atoms with Gasteiger partial charge in [-0.3, -0.25) is 0 Å². The summed E-state index contributed by atoms with van der Waals surface area (Å²) in [7, 11) is 0. The minimum absolute atomic E-state index is 0.0982. The van der Waals surface area contributed by atoms with Gasteiger partial charge in [-0.1, -0.05) is 6.92 Å². The first kappa shape index (κ1) is 10.3. The van der Waals surface area contributed by atoms with Crippen molar-refractivity contribution in [3.63, 3.8) is 0 Å². The van der Waals surface area contributed by atoms with Gasteiger partial charge in [0.15, 0.2) is 5.65 Å². The average Bonchev–Trinajstić information content (AvgIpc) is 2.66. The molecule has 1 aliphatic heterocycles. The number of nitrogens with two attached hydrogens (primary N) is 1. The average molecular weight is 234 g/mol. The number of anilines is 1. The quantitative estimate of drug-likeness (QED) is 0.720. The summed E-state index contributed by atoms with van der Waals surface area (Å²) in [5, 5.41) is 6.28. The van der Waals surface area contributed by atoms with Crippen LogP contribution in [0.5, 0.6) is 0 Å². The van der Waals surface area contributed by atoms with Gasteiger partial charge in [0.2, 0.25) is 0 Å². The van der Waals surface area contributed by atoms with Gasteiger partial charge < -0.3 is 10.6 Å². The van der Waals surface area contributed by atoms with E-state index in [0.717, 1.165) is 25.3 Å². The third-order valence-electron chi connectivity index (χ3n) is 3.34. The Balaban J connectivity index is 1.90. The first-order chi connectivity index (χ1) is 8.11. The first-order valence-corrected chi connectivity index (χ1v) is 5.58. The third kappa shape index (κ3) is 1.50. The van der Waals surface area contributed by atoms with Crippen molar-refractivity contribution in [1.29, 1.82) is 0 Å². The maximum atomic E-state index is 11.3. The summed E-state index contributed by atoms with van der Waals surface area (Å²) < 4.78 is 1.37. The predicted molar refractivity (Wildman–Crippen MR) is 63.0 cm³/mol. The van der Waals surface area contributed by atoms with E-state index in [1.807, 2.05) is 0 Å². The van der Waals surface area contributed by atoms with Gasteiger partial charge >= 0.3 is 5.69 Å². The van der Waals surface area contributed by atoms with E-state index in [1.165, 1.54) is 10.7 Å². The van der Waals surface area contributed by atoms with Gasteiger partial charge in [-0.25, -0.2) is 19.3 Å². The predicted octanol–water partition coefficient (Wildman–Crippen LogP) is -0.655. The summed E-state index contributed by atoms with van der Waals surface area (Å²) in [6.45, 7) is 3.67. The lowest BCUT2D eigenvalue weighted by Gasteiger charge is -2.48. The molecule has 3 rings (SSSR count). The fourth-order valence-corrected chi connectivity index (χ4v) is 2.07. The molecule has 0 amide bonds. The Labute approximate surface area is 97.3 Å². The highest BCUT2D eigenvalue weighted by Crippen LogP contribution is 2.26. The summed E-state index contributed by atoms with van der Waals surface area (Å²) in [4.78, 5) is 17.6. The van der Waals surface area contributed by atoms with Crippen LogP contribution >= 0.6 is 0 Å². The van der Waals surface area contributed by atoms with Crippen LogP contribution in [0.3, 0.4) is 0 Å². The van der Waals surface area contributed by atoms with Crippen molar-refractivity contribution in [3.8, 4) is 0 Å². The molecule has 90 valence electrons. The molecular weight excluding hydrogens is 220 g/mol. The van der Waals surface area contributed by atoms with Gasteiger partial charge in [-0.2, -0.15) is 5.10 Å². The Morgan fingerprint density at radius 3 is 3.06 bits per heavy atom. The molecule has 0 atom stereocenters. The fraction of sp³-hybridized carbons (Fsp3) is 0.500. The zero-order valence-electron chi connectivity index (χ0n) is 9.55. The molecule has 1 saturated heterocycles. The highest BCUT2D eigenvalue weighted by atomic mass is 16.1. The molecule has 0 bridgehead atoms. The van der Waals surface area contributed by atoms with Crippen LogP contribution in [-0.4, -0.2) is 38.2 Å². The minimum atomic E-state index is -0.274. The summed E-state index contributed by atoms with van der Waals surface area (Å²) in [6.07, 6.45) is 2.44. The van der Waals surface area contributed by atoms with Crippen LogP contribution < -0.4 is 16.3 Å². The molecule has 0 spiro atoms. The molecule has 0 aromatic carbocycles. The minimum Gasteiger partial charge on any atom is -0.353 e. The monoisotopic (exact) mass is 234 g/mol. The van der Waals surface area contributed by atoms with E-state index in [9.17, 15) is 4.79 Å². The number of fused-ring (bicyclic) bond motifs is 1. The highest BCUT2D eigenvalue weighted by Gasteiger charge is 2.38. The molecule has 17 heavy (non-hydrogen) atoms. The lowest BCUT2D eigenvalue weighted by Crippen LogP contribution is -2.67. The van der Waals surface area contributed by atoms with E-state index in [-0.39, 0.29) is 11.2 Å². The molecular formula is C10H14N6O. The van der Waals surface area contributed by atoms with Crippen molar-refractivity contribution in [1.82, 2.24) is 19.6 Å². The maximum Gasteiger partial charge on any atom is 0.348 e. The maximum absolute atomic E-state index is 11.3. The van der Waals surface area contributed by atoms with Gasteiger partial charge in [0.05, 0.1) is 5.54 Å². The SMILES string of the molecule is CCC1(N)CN(c2cc3n[nH]c(=O)n3cn2)C1. The number of H-pyrrole nitrogens is 1. The topological polar surface area (TPSA) is 92.3 Å². The standard InChI is InChI=1S/C10H14N6O/c1-2-10(11)4-15(5-10)7-3-8-13-14-9(17)16(8)6-12-7/h3,6H,2,4-5,11H2,1H3,(H,14,17). The van der Waals surface area contributed by atoms with Crippen LogP contribution in [0.1, 0.15) is 13.3 Å². The second-order valence-corrected chi connectivity index (χ2v) is 4.58. The lowest BCUT2D eigenvalue weighted by atomic mass is 9.88. The van der Waals surface area contributed by atoms with Crippen LogP contribution in [-0.2, 0) is 0 Å². The smallest absolute Gasteiger partial charge is 0.348 e. The van der Waals surface area contributed by atoms with Crippen molar-refractivity contribution in [2.45, 2.75) is 18.9 Å². The number of nitrogens with one attached hydrogen (secondary N) is 1. The molecule has 7 heteroatoms. The Hall–Kier alpha value is -1.89. The van der Waals surface area contributed by atoms with Crippen LogP contribution in [0.25, 0.3) is 5.65 Å². The largest absolute Gasteiger partial charge is 0.353 e. The normalized spacial score (nSPS) is 18.4. The van der Waals surface area contributed by atoms with E-state index in [0.29, 0.717) is 5.65 Å². The highest BCUT2D eigenvalue weighted by molar-refractivity contribution is 5.52. The number of hydrogen-bond acceptors (Lipinski definition) is 5. The number of rotatable bonds is 2. The third-order valence-corrected chi connectivity index (χ3v) is 3.34. The zero-order valence-corrected chi connectivity index (χ0v) is 9.55. The van der Waals surface area contributed by atoms with Crippen LogP contribution in [0.4, 0.5) is 5.82 Å². The van der Waals surface area contributed by atoms with Crippen molar-refractivity contribution in [2.24, 2.45) is 5.73 Å². The van der Waals surface area contributed by atoms with Crippen molar-refractivity contribution < 1.29 is 0 Å². The van der Waals surface area contributed by atoms with Crippen LogP contribution in [0.15, 0.2) is 17.2 Å². The summed E-state index contributed by atoms with van der Waals surface area (Å²) in [5.41, 5.74) is 6.30. The first-order valence-electron chi connectivity index (χ1n) is 5.58. The molecule has 3 heterocycles. The second kappa shape index (κ2) is 3.30. The molecule has 7 nitrogen and oxygen atoms in total. The Morgan fingerprint density at radius 1 is 1.59 bits per heavy atom. The number of hydrogen-bond donors (Lipinski definition) is 2. The van der Waals surface area contributed by atoms with Crippen LogP contribution in [0.2, 0.25) is 0 Å². The molecule has 1 fully saturated rings. The summed E-state index contributed by atoms with van der Waals surface area (Å²) >= 11 is 0. The molecule has 0 aliphatic carbocycles. The van der Waals surface area contributed by atoms with Gasteiger partial charge in [-0.15, -0.1) is 0 Å². The van der Waals surface area contributed by atoms with Gasteiger partial charge in [0.1, 0.15) is 12.1 Å². The van der Waals surface area contributed by atoms with Gasteiger partial charge in [0.25, 0.3) is 0 Å². The molecule has 2 aromatic heterocycles. The fourth-order valence-electron chi connectivity index (χ4n) is 2.07. The Kier molecular flexibility index (Phi) is 1.99. The molecule has 1 aliphatic rings. The number of aromatic amines is 1.